The molecule has 10 heteroatoms. The summed E-state index contributed by atoms with van der Waals surface area (Å²) in [4.78, 5) is 43.6. The normalized spacial score (nSPS) is 16.4. The molecule has 9 nitrogen and oxygen atoms in total. The molecule has 1 unspecified atom stereocenters. The lowest BCUT2D eigenvalue weighted by atomic mass is 10.1. The first kappa shape index (κ1) is 18.5. The van der Waals surface area contributed by atoms with Crippen molar-refractivity contribution >= 4 is 44.6 Å². The minimum atomic E-state index is -0.748. The van der Waals surface area contributed by atoms with E-state index < -0.39 is 23.7 Å². The Hall–Kier alpha value is -2.88. The van der Waals surface area contributed by atoms with Crippen LogP contribution in [0.15, 0.2) is 38.3 Å². The number of carbonyl (C=O) groups is 1. The second-order valence-electron chi connectivity index (χ2n) is 7.09. The number of aromatic nitrogens is 4. The Labute approximate surface area is 168 Å². The monoisotopic (exact) mass is 446 g/mol. The highest BCUT2D eigenvalue weighted by Gasteiger charge is 2.29. The van der Waals surface area contributed by atoms with Crippen LogP contribution in [0, 0.1) is 5.92 Å². The fourth-order valence-corrected chi connectivity index (χ4v) is 3.90. The molecule has 1 amide bonds. The van der Waals surface area contributed by atoms with Crippen molar-refractivity contribution in [3.05, 3.63) is 49.6 Å². The summed E-state index contributed by atoms with van der Waals surface area (Å²) < 4.78 is 4.94. The Bertz CT molecular complexity index is 1210. The number of nitrogens with two attached hydrogens (primary N) is 1. The van der Waals surface area contributed by atoms with E-state index in [0.29, 0.717) is 23.7 Å². The Kier molecular flexibility index (Phi) is 4.37. The van der Waals surface area contributed by atoms with Crippen molar-refractivity contribution in [2.45, 2.75) is 20.0 Å². The number of carbonyl (C=O) groups excluding carboxylic acids is 1. The predicted octanol–water partition coefficient (Wildman–Crippen LogP) is 0.932. The van der Waals surface area contributed by atoms with Crippen LogP contribution in [0.5, 0.6) is 0 Å². The molecule has 0 saturated heterocycles. The van der Waals surface area contributed by atoms with Gasteiger partial charge in [-0.25, -0.2) is 9.36 Å². The van der Waals surface area contributed by atoms with Gasteiger partial charge in [-0.15, -0.1) is 0 Å². The van der Waals surface area contributed by atoms with Crippen LogP contribution in [0.2, 0.25) is 0 Å². The molecule has 2 aromatic heterocycles. The maximum atomic E-state index is 13.0. The number of rotatable bonds is 3. The molecule has 0 fully saturated rings. The molecule has 0 radical (unpaired) electrons. The molecular formula is C18H19BrN6O3. The molecule has 146 valence electrons. The van der Waals surface area contributed by atoms with E-state index in [1.165, 1.54) is 11.6 Å². The number of fused-ring (bicyclic) bond motifs is 3. The minimum Gasteiger partial charge on any atom is -0.368 e. The third-order valence-corrected chi connectivity index (χ3v) is 5.42. The lowest BCUT2D eigenvalue weighted by Gasteiger charge is -2.33. The van der Waals surface area contributed by atoms with Gasteiger partial charge in [-0.05, 0) is 30.2 Å². The standard InChI is InChI=1S/C18H19BrN6O3/c1-10-7-23(12-5-3-11(19)4-6-12)17-21-15-14(24(17)8-10)16(27)25(9-13(20)26)18(28)22(15)2/h3-6,10H,7-9H2,1-2H3,(H2,20,26). The van der Waals surface area contributed by atoms with Gasteiger partial charge in [0.2, 0.25) is 11.9 Å². The van der Waals surface area contributed by atoms with Crippen LogP contribution in [0.25, 0.3) is 11.2 Å². The zero-order valence-electron chi connectivity index (χ0n) is 15.4. The number of hydrogen-bond acceptors (Lipinski definition) is 5. The molecule has 1 aromatic carbocycles. The van der Waals surface area contributed by atoms with E-state index in [-0.39, 0.29) is 5.92 Å². The number of hydrogen-bond donors (Lipinski definition) is 1. The Morgan fingerprint density at radius 3 is 2.57 bits per heavy atom. The van der Waals surface area contributed by atoms with Crippen molar-refractivity contribution < 1.29 is 4.79 Å². The zero-order valence-corrected chi connectivity index (χ0v) is 17.0. The maximum Gasteiger partial charge on any atom is 0.332 e. The van der Waals surface area contributed by atoms with Crippen LogP contribution in [0.3, 0.4) is 0 Å². The van der Waals surface area contributed by atoms with E-state index in [4.69, 9.17) is 5.73 Å². The second kappa shape index (κ2) is 6.62. The lowest BCUT2D eigenvalue weighted by molar-refractivity contribution is -0.118. The van der Waals surface area contributed by atoms with Crippen LogP contribution >= 0.6 is 15.9 Å². The molecule has 0 saturated carbocycles. The van der Waals surface area contributed by atoms with E-state index in [1.807, 2.05) is 33.7 Å². The molecule has 2 N–H and O–H groups in total. The summed E-state index contributed by atoms with van der Waals surface area (Å²) in [5, 5.41) is 0. The van der Waals surface area contributed by atoms with E-state index in [9.17, 15) is 14.4 Å². The third kappa shape index (κ3) is 2.84. The summed E-state index contributed by atoms with van der Waals surface area (Å²) in [6.07, 6.45) is 0. The molecule has 1 atom stereocenters. The van der Waals surface area contributed by atoms with Gasteiger partial charge in [0, 0.05) is 30.3 Å². The molecule has 1 aliphatic heterocycles. The number of aryl methyl sites for hydroxylation is 1. The van der Waals surface area contributed by atoms with Crippen LogP contribution in [-0.4, -0.2) is 31.1 Å². The fourth-order valence-electron chi connectivity index (χ4n) is 3.64. The van der Waals surface area contributed by atoms with E-state index in [1.54, 1.807) is 0 Å². The zero-order chi connectivity index (χ0) is 20.2. The summed E-state index contributed by atoms with van der Waals surface area (Å²) in [5.74, 6) is 0.0934. The van der Waals surface area contributed by atoms with Gasteiger partial charge >= 0.3 is 5.69 Å². The number of halogens is 1. The lowest BCUT2D eigenvalue weighted by Crippen LogP contribution is -2.43. The van der Waals surface area contributed by atoms with Gasteiger partial charge in [0.25, 0.3) is 5.56 Å². The van der Waals surface area contributed by atoms with Crippen LogP contribution in [-0.2, 0) is 24.9 Å². The summed E-state index contributed by atoms with van der Waals surface area (Å²) in [6.45, 7) is 2.94. The topological polar surface area (TPSA) is 108 Å². The Morgan fingerprint density at radius 2 is 1.93 bits per heavy atom. The Morgan fingerprint density at radius 1 is 1.25 bits per heavy atom. The van der Waals surface area contributed by atoms with Gasteiger partial charge in [0.05, 0.1) is 0 Å². The third-order valence-electron chi connectivity index (χ3n) is 4.89. The highest BCUT2D eigenvalue weighted by Crippen LogP contribution is 2.33. The van der Waals surface area contributed by atoms with Gasteiger partial charge in [0.15, 0.2) is 11.2 Å². The molecule has 0 spiro atoms. The first-order chi connectivity index (χ1) is 13.3. The molecule has 4 rings (SSSR count). The first-order valence-corrected chi connectivity index (χ1v) is 9.58. The van der Waals surface area contributed by atoms with Crippen molar-refractivity contribution in [1.29, 1.82) is 0 Å². The Balaban J connectivity index is 2.00. The van der Waals surface area contributed by atoms with Crippen molar-refractivity contribution in [1.82, 2.24) is 18.7 Å². The predicted molar refractivity (Wildman–Crippen MR) is 109 cm³/mol. The largest absolute Gasteiger partial charge is 0.368 e. The number of imidazole rings is 1. The summed E-state index contributed by atoms with van der Waals surface area (Å²) in [5.41, 5.74) is 5.58. The fraction of sp³-hybridized carbons (Fsp3) is 0.333. The summed E-state index contributed by atoms with van der Waals surface area (Å²) in [7, 11) is 1.54. The molecule has 0 bridgehead atoms. The van der Waals surface area contributed by atoms with Gasteiger partial charge in [-0.2, -0.15) is 4.98 Å². The molecule has 3 heterocycles. The van der Waals surface area contributed by atoms with Gasteiger partial charge in [-0.1, -0.05) is 22.9 Å². The number of primary amides is 1. The minimum absolute atomic E-state index is 0.245. The molecule has 1 aliphatic rings. The van der Waals surface area contributed by atoms with Crippen molar-refractivity contribution in [2.75, 3.05) is 11.4 Å². The smallest absolute Gasteiger partial charge is 0.332 e. The SMILES string of the molecule is CC1CN(c2ccc(Br)cc2)c2nc3c(c(=O)n(CC(N)=O)c(=O)n3C)n2C1. The summed E-state index contributed by atoms with van der Waals surface area (Å²) >= 11 is 3.44. The van der Waals surface area contributed by atoms with E-state index in [2.05, 4.69) is 27.8 Å². The second-order valence-corrected chi connectivity index (χ2v) is 8.00. The molecule has 3 aromatic rings. The van der Waals surface area contributed by atoms with Gasteiger partial charge < -0.3 is 15.2 Å². The van der Waals surface area contributed by atoms with Crippen molar-refractivity contribution in [2.24, 2.45) is 18.7 Å². The average Bonchev–Trinajstić information content (AvgIpc) is 3.03. The number of nitrogens with zero attached hydrogens (tertiary/aromatic N) is 5. The molecule has 0 aliphatic carbocycles. The quantitative estimate of drug-likeness (QED) is 0.643. The first-order valence-electron chi connectivity index (χ1n) is 8.79. The summed E-state index contributed by atoms with van der Waals surface area (Å²) in [6, 6.07) is 7.82. The molecule has 28 heavy (non-hydrogen) atoms. The number of anilines is 2. The molecular weight excluding hydrogens is 428 g/mol. The van der Waals surface area contributed by atoms with Crippen molar-refractivity contribution in [3.63, 3.8) is 0 Å². The number of benzene rings is 1. The van der Waals surface area contributed by atoms with E-state index in [0.717, 1.165) is 21.3 Å². The average molecular weight is 447 g/mol. The van der Waals surface area contributed by atoms with Gasteiger partial charge in [0.1, 0.15) is 6.54 Å². The highest BCUT2D eigenvalue weighted by molar-refractivity contribution is 9.10. The maximum absolute atomic E-state index is 13.0. The number of amides is 1. The van der Waals surface area contributed by atoms with E-state index >= 15 is 0 Å². The van der Waals surface area contributed by atoms with Crippen LogP contribution in [0.1, 0.15) is 6.92 Å². The van der Waals surface area contributed by atoms with Crippen LogP contribution < -0.4 is 21.9 Å². The van der Waals surface area contributed by atoms with Gasteiger partial charge in [-0.3, -0.25) is 14.2 Å². The van der Waals surface area contributed by atoms with Crippen LogP contribution in [0.4, 0.5) is 11.6 Å². The van der Waals surface area contributed by atoms with Crippen molar-refractivity contribution in [3.8, 4) is 0 Å². The highest BCUT2D eigenvalue weighted by atomic mass is 79.9.